The molecule has 1 heterocycles. The molecule has 0 aromatic heterocycles. The van der Waals surface area contributed by atoms with Crippen LogP contribution < -0.4 is 5.32 Å². The van der Waals surface area contributed by atoms with E-state index in [1.165, 1.54) is 0 Å². The van der Waals surface area contributed by atoms with Gasteiger partial charge in [0, 0.05) is 24.8 Å². The molecule has 1 N–H and O–H groups in total. The Kier molecular flexibility index (Phi) is 2.88. The Morgan fingerprint density at radius 3 is 3.00 bits per heavy atom. The molecule has 1 unspecified atom stereocenters. The first-order valence-electron chi connectivity index (χ1n) is 4.36. The van der Waals surface area contributed by atoms with Crippen LogP contribution in [0, 0.1) is 17.8 Å². The second-order valence-electron chi connectivity index (χ2n) is 3.61. The van der Waals surface area contributed by atoms with Gasteiger partial charge in [-0.3, -0.25) is 4.79 Å². The third-order valence-electron chi connectivity index (χ3n) is 2.54. The van der Waals surface area contributed by atoms with Crippen molar-refractivity contribution in [1.29, 1.82) is 0 Å². The predicted octanol–water partition coefficient (Wildman–Crippen LogP) is 0.968. The Hall–Kier alpha value is -0.810. The molecule has 0 aromatic rings. The van der Waals surface area contributed by atoms with Gasteiger partial charge >= 0.3 is 0 Å². The predicted molar refractivity (Wildman–Crippen MR) is 48.7 cm³/mol. The Labute approximate surface area is 73.7 Å². The zero-order chi connectivity index (χ0) is 9.03. The maximum Gasteiger partial charge on any atom is 0.141 e. The number of Topliss-reactive ketones (excluding diaryl/α,β-unsaturated/α-hetero) is 1. The molecule has 1 atom stereocenters. The molecule has 0 aromatic carbocycles. The number of carbonyl (C=O) groups is 1. The molecule has 0 radical (unpaired) electrons. The maximum absolute atomic E-state index is 11.6. The molecule has 0 spiro atoms. The van der Waals surface area contributed by atoms with E-state index >= 15 is 0 Å². The largest absolute Gasteiger partial charge is 0.316 e. The summed E-state index contributed by atoms with van der Waals surface area (Å²) in [7, 11) is 0. The Bertz CT molecular complexity index is 208. The summed E-state index contributed by atoms with van der Waals surface area (Å²) in [6, 6.07) is 0. The topological polar surface area (TPSA) is 29.1 Å². The zero-order valence-electron chi connectivity index (χ0n) is 7.52. The third-order valence-corrected chi connectivity index (χ3v) is 2.54. The second kappa shape index (κ2) is 3.73. The van der Waals surface area contributed by atoms with Crippen LogP contribution in [0.2, 0.25) is 0 Å². The van der Waals surface area contributed by atoms with Crippen LogP contribution in [-0.4, -0.2) is 18.9 Å². The summed E-state index contributed by atoms with van der Waals surface area (Å²) in [6.07, 6.45) is 7.17. The molecular weight excluding hydrogens is 150 g/mol. The lowest BCUT2D eigenvalue weighted by molar-refractivity contribution is -0.126. The van der Waals surface area contributed by atoms with Crippen molar-refractivity contribution in [1.82, 2.24) is 5.32 Å². The van der Waals surface area contributed by atoms with Gasteiger partial charge in [0.2, 0.25) is 0 Å². The van der Waals surface area contributed by atoms with E-state index in [-0.39, 0.29) is 5.41 Å². The van der Waals surface area contributed by atoms with Gasteiger partial charge in [-0.1, -0.05) is 6.92 Å². The summed E-state index contributed by atoms with van der Waals surface area (Å²) in [6.45, 7) is 3.79. The lowest BCUT2D eigenvalue weighted by Gasteiger charge is -2.19. The minimum Gasteiger partial charge on any atom is -0.316 e. The van der Waals surface area contributed by atoms with E-state index in [0.29, 0.717) is 18.6 Å². The first-order valence-corrected chi connectivity index (χ1v) is 4.36. The van der Waals surface area contributed by atoms with Crippen molar-refractivity contribution in [2.45, 2.75) is 26.2 Å². The van der Waals surface area contributed by atoms with Crippen molar-refractivity contribution < 1.29 is 4.79 Å². The molecule has 2 nitrogen and oxygen atoms in total. The van der Waals surface area contributed by atoms with E-state index in [9.17, 15) is 4.79 Å². The van der Waals surface area contributed by atoms with Gasteiger partial charge in [0.05, 0.1) is 0 Å². The SMILES string of the molecule is C#CCCC(=O)C1(C)CCNC1. The minimum absolute atomic E-state index is 0.142. The lowest BCUT2D eigenvalue weighted by Crippen LogP contribution is -2.29. The van der Waals surface area contributed by atoms with Crippen LogP contribution >= 0.6 is 0 Å². The molecule has 2 heteroatoms. The van der Waals surface area contributed by atoms with Gasteiger partial charge in [0.25, 0.3) is 0 Å². The summed E-state index contributed by atoms with van der Waals surface area (Å²) >= 11 is 0. The summed E-state index contributed by atoms with van der Waals surface area (Å²) in [5.41, 5.74) is -0.142. The second-order valence-corrected chi connectivity index (χ2v) is 3.61. The van der Waals surface area contributed by atoms with E-state index in [1.54, 1.807) is 0 Å². The Balaban J connectivity index is 2.45. The van der Waals surface area contributed by atoms with Gasteiger partial charge in [-0.25, -0.2) is 0 Å². The number of nitrogens with one attached hydrogen (secondary N) is 1. The third kappa shape index (κ3) is 1.86. The summed E-state index contributed by atoms with van der Waals surface area (Å²) in [4.78, 5) is 11.6. The van der Waals surface area contributed by atoms with Crippen LogP contribution in [0.3, 0.4) is 0 Å². The van der Waals surface area contributed by atoms with E-state index in [1.807, 2.05) is 6.92 Å². The smallest absolute Gasteiger partial charge is 0.141 e. The maximum atomic E-state index is 11.6. The number of rotatable bonds is 3. The van der Waals surface area contributed by atoms with Crippen LogP contribution in [0.5, 0.6) is 0 Å². The summed E-state index contributed by atoms with van der Waals surface area (Å²) in [5, 5.41) is 3.20. The zero-order valence-corrected chi connectivity index (χ0v) is 7.52. The molecule has 0 amide bonds. The lowest BCUT2D eigenvalue weighted by atomic mass is 9.83. The molecule has 0 aliphatic carbocycles. The van der Waals surface area contributed by atoms with Gasteiger partial charge in [0.1, 0.15) is 5.78 Å². The van der Waals surface area contributed by atoms with Gasteiger partial charge < -0.3 is 5.32 Å². The molecular formula is C10H15NO. The van der Waals surface area contributed by atoms with Crippen LogP contribution in [-0.2, 0) is 4.79 Å². The average molecular weight is 165 g/mol. The highest BCUT2D eigenvalue weighted by atomic mass is 16.1. The Morgan fingerprint density at radius 2 is 2.50 bits per heavy atom. The first-order chi connectivity index (χ1) is 5.69. The number of hydrogen-bond acceptors (Lipinski definition) is 2. The molecule has 1 rings (SSSR count). The minimum atomic E-state index is -0.142. The van der Waals surface area contributed by atoms with E-state index in [4.69, 9.17) is 6.42 Å². The molecule has 0 saturated carbocycles. The van der Waals surface area contributed by atoms with Crippen molar-refractivity contribution >= 4 is 5.78 Å². The summed E-state index contributed by atoms with van der Waals surface area (Å²) in [5.74, 6) is 2.81. The normalized spacial score (nSPS) is 28.3. The molecule has 66 valence electrons. The number of ketones is 1. The van der Waals surface area contributed by atoms with Gasteiger partial charge in [-0.2, -0.15) is 0 Å². The van der Waals surface area contributed by atoms with E-state index in [0.717, 1.165) is 19.5 Å². The quantitative estimate of drug-likeness (QED) is 0.631. The molecule has 1 fully saturated rings. The fraction of sp³-hybridized carbons (Fsp3) is 0.700. The van der Waals surface area contributed by atoms with E-state index in [2.05, 4.69) is 11.2 Å². The van der Waals surface area contributed by atoms with Gasteiger partial charge in [-0.05, 0) is 13.0 Å². The highest BCUT2D eigenvalue weighted by Gasteiger charge is 2.34. The highest BCUT2D eigenvalue weighted by molar-refractivity contribution is 5.85. The molecule has 1 saturated heterocycles. The van der Waals surface area contributed by atoms with Crippen molar-refractivity contribution in [2.24, 2.45) is 5.41 Å². The molecule has 1 aliphatic heterocycles. The molecule has 0 bridgehead atoms. The number of terminal acetylenes is 1. The molecule has 1 aliphatic rings. The van der Waals surface area contributed by atoms with E-state index < -0.39 is 0 Å². The standard InChI is InChI=1S/C10H15NO/c1-3-4-5-9(12)10(2)6-7-11-8-10/h1,11H,4-8H2,2H3. The Morgan fingerprint density at radius 1 is 1.75 bits per heavy atom. The van der Waals surface area contributed by atoms with Crippen LogP contribution in [0.1, 0.15) is 26.2 Å². The monoisotopic (exact) mass is 165 g/mol. The molecule has 12 heavy (non-hydrogen) atoms. The number of carbonyl (C=O) groups excluding carboxylic acids is 1. The summed E-state index contributed by atoms with van der Waals surface area (Å²) < 4.78 is 0. The highest BCUT2D eigenvalue weighted by Crippen LogP contribution is 2.27. The van der Waals surface area contributed by atoms with Crippen molar-refractivity contribution in [3.05, 3.63) is 0 Å². The number of hydrogen-bond donors (Lipinski definition) is 1. The van der Waals surface area contributed by atoms with Gasteiger partial charge in [0.15, 0.2) is 0 Å². The van der Waals surface area contributed by atoms with Crippen molar-refractivity contribution in [3.63, 3.8) is 0 Å². The average Bonchev–Trinajstić information content (AvgIpc) is 2.49. The fourth-order valence-corrected chi connectivity index (χ4v) is 1.54. The first kappa shape index (κ1) is 9.28. The van der Waals surface area contributed by atoms with Crippen molar-refractivity contribution in [2.75, 3.05) is 13.1 Å². The fourth-order valence-electron chi connectivity index (χ4n) is 1.54. The van der Waals surface area contributed by atoms with Crippen LogP contribution in [0.4, 0.5) is 0 Å². The van der Waals surface area contributed by atoms with Crippen molar-refractivity contribution in [3.8, 4) is 12.3 Å². The van der Waals surface area contributed by atoms with Crippen LogP contribution in [0.15, 0.2) is 0 Å². The van der Waals surface area contributed by atoms with Crippen LogP contribution in [0.25, 0.3) is 0 Å². The van der Waals surface area contributed by atoms with Gasteiger partial charge in [-0.15, -0.1) is 12.3 Å².